The van der Waals surface area contributed by atoms with Crippen LogP contribution in [0.4, 0.5) is 22.4 Å². The van der Waals surface area contributed by atoms with Gasteiger partial charge in [-0.25, -0.2) is 14.0 Å². The minimum Gasteiger partial charge on any atom is -0.475 e. The van der Waals surface area contributed by atoms with Crippen LogP contribution >= 0.6 is 23.2 Å². The largest absolute Gasteiger partial charge is 0.490 e. The van der Waals surface area contributed by atoms with Crippen molar-refractivity contribution in [3.8, 4) is 0 Å². The molecule has 3 N–H and O–H groups in total. The first-order valence-electron chi connectivity index (χ1n) is 14.2. The minimum absolute atomic E-state index is 0.141. The van der Waals surface area contributed by atoms with E-state index in [1.165, 1.54) is 19.2 Å². The number of carbonyl (C=O) groups excluding carboxylic acids is 3. The van der Waals surface area contributed by atoms with Gasteiger partial charge >= 0.3 is 18.2 Å². The van der Waals surface area contributed by atoms with Gasteiger partial charge in [-0.1, -0.05) is 54.7 Å². The van der Waals surface area contributed by atoms with Crippen molar-refractivity contribution in [3.05, 3.63) is 69.5 Å². The lowest BCUT2D eigenvalue weighted by Crippen LogP contribution is -2.63. The third-order valence-corrected chi connectivity index (χ3v) is 7.80. The number of likely N-dealkylation sites (N-methyl/N-ethyl adjacent to an activating group) is 1. The number of hydrogen-bond acceptors (Lipinski definition) is 6. The molecule has 10 nitrogen and oxygen atoms in total. The first-order valence-corrected chi connectivity index (χ1v) is 15.0. The molecule has 1 aliphatic rings. The van der Waals surface area contributed by atoms with Crippen LogP contribution in [-0.4, -0.2) is 96.9 Å². The molecule has 0 bridgehead atoms. The van der Waals surface area contributed by atoms with Crippen molar-refractivity contribution in [1.82, 2.24) is 20.4 Å². The van der Waals surface area contributed by atoms with Gasteiger partial charge in [0, 0.05) is 49.2 Å². The number of halogens is 6. The van der Waals surface area contributed by atoms with Gasteiger partial charge in [0.25, 0.3) is 0 Å². The topological polar surface area (TPSA) is 128 Å². The Labute approximate surface area is 273 Å². The van der Waals surface area contributed by atoms with Crippen molar-refractivity contribution in [2.24, 2.45) is 0 Å². The number of alkyl carbamates (subject to hydrolysis) is 1. The molecule has 0 aromatic heterocycles. The standard InChI is InChI=1S/C28H35Cl2FN4O4.C2HF3O2/c1-4-5-22-17-34(25(26(36)32-2)15-19-8-9-20(29)16-23(19)30)12-13-35(22)27(37)24(33-28(38)39-3)14-18-6-10-21(31)11-7-18;3-2(4,5)1(6)7/h6-11,16,22,24-25H,4-5,12-15,17H2,1-3H3,(H,32,36)(H,33,38);(H,6,7). The van der Waals surface area contributed by atoms with Crippen LogP contribution in [0.2, 0.25) is 10.0 Å². The SMILES string of the molecule is CCCC1CN(C(Cc2ccc(Cl)cc2Cl)C(=O)NC)CCN1C(=O)C(Cc1ccc(F)cc1)NC(=O)OC.O=C(O)C(F)(F)F. The van der Waals surface area contributed by atoms with Gasteiger partial charge in [-0.3, -0.25) is 14.5 Å². The first kappa shape index (κ1) is 38.6. The smallest absolute Gasteiger partial charge is 0.475 e. The number of hydrogen-bond donors (Lipinski definition) is 3. The maximum absolute atomic E-state index is 13.8. The summed E-state index contributed by atoms with van der Waals surface area (Å²) in [7, 11) is 2.83. The summed E-state index contributed by atoms with van der Waals surface area (Å²) in [5, 5.41) is 13.5. The zero-order chi connectivity index (χ0) is 34.6. The van der Waals surface area contributed by atoms with Crippen LogP contribution in [0.3, 0.4) is 0 Å². The third kappa shape index (κ3) is 11.6. The van der Waals surface area contributed by atoms with Crippen LogP contribution < -0.4 is 10.6 Å². The molecule has 1 saturated heterocycles. The third-order valence-electron chi connectivity index (χ3n) is 7.21. The molecule has 16 heteroatoms. The highest BCUT2D eigenvalue weighted by Gasteiger charge is 2.39. The van der Waals surface area contributed by atoms with Crippen LogP contribution in [0, 0.1) is 5.82 Å². The maximum atomic E-state index is 13.8. The summed E-state index contributed by atoms with van der Waals surface area (Å²) < 4.78 is 49.9. The zero-order valence-corrected chi connectivity index (χ0v) is 26.9. The second kappa shape index (κ2) is 17.9. The fourth-order valence-corrected chi connectivity index (χ4v) is 5.43. The molecule has 1 heterocycles. The molecule has 1 fully saturated rings. The summed E-state index contributed by atoms with van der Waals surface area (Å²) in [6.45, 7) is 3.34. The maximum Gasteiger partial charge on any atom is 0.490 e. The Morgan fingerprint density at radius 2 is 1.70 bits per heavy atom. The monoisotopic (exact) mass is 694 g/mol. The summed E-state index contributed by atoms with van der Waals surface area (Å²) in [6.07, 6.45) is -3.70. The van der Waals surface area contributed by atoms with E-state index in [0.29, 0.717) is 48.1 Å². The number of aliphatic carboxylic acids is 1. The number of carboxylic acid groups (broad SMARTS) is 1. The Bertz CT molecular complexity index is 1350. The number of piperazine rings is 1. The number of carboxylic acids is 1. The Morgan fingerprint density at radius 3 is 2.22 bits per heavy atom. The normalized spacial score (nSPS) is 16.4. The number of nitrogens with zero attached hydrogens (tertiary/aromatic N) is 2. The number of benzene rings is 2. The van der Waals surface area contributed by atoms with Crippen molar-refractivity contribution in [1.29, 1.82) is 0 Å². The number of ether oxygens (including phenoxy) is 1. The van der Waals surface area contributed by atoms with E-state index in [2.05, 4.69) is 15.5 Å². The molecule has 0 radical (unpaired) electrons. The minimum atomic E-state index is -5.08. The van der Waals surface area contributed by atoms with Gasteiger partial charge in [-0.2, -0.15) is 13.2 Å². The van der Waals surface area contributed by atoms with E-state index in [1.54, 1.807) is 36.2 Å². The zero-order valence-electron chi connectivity index (χ0n) is 25.4. The molecular weight excluding hydrogens is 659 g/mol. The summed E-state index contributed by atoms with van der Waals surface area (Å²) >= 11 is 12.5. The summed E-state index contributed by atoms with van der Waals surface area (Å²) in [4.78, 5) is 51.6. The van der Waals surface area contributed by atoms with E-state index >= 15 is 0 Å². The molecule has 1 aliphatic heterocycles. The van der Waals surface area contributed by atoms with Crippen molar-refractivity contribution >= 4 is 47.1 Å². The van der Waals surface area contributed by atoms with Gasteiger partial charge in [-0.15, -0.1) is 0 Å². The molecule has 0 spiro atoms. The van der Waals surface area contributed by atoms with Gasteiger partial charge in [0.05, 0.1) is 13.2 Å². The highest BCUT2D eigenvalue weighted by molar-refractivity contribution is 6.35. The summed E-state index contributed by atoms with van der Waals surface area (Å²) in [5.74, 6) is -3.53. The number of nitrogens with one attached hydrogen (secondary N) is 2. The molecule has 3 unspecified atom stereocenters. The molecule has 3 atom stereocenters. The van der Waals surface area contributed by atoms with E-state index in [9.17, 15) is 31.9 Å². The summed E-state index contributed by atoms with van der Waals surface area (Å²) in [5.41, 5.74) is 1.51. The van der Waals surface area contributed by atoms with Crippen LogP contribution in [0.25, 0.3) is 0 Å². The van der Waals surface area contributed by atoms with Crippen LogP contribution in [0.1, 0.15) is 30.9 Å². The van der Waals surface area contributed by atoms with Crippen molar-refractivity contribution in [2.45, 2.75) is 56.9 Å². The lowest BCUT2D eigenvalue weighted by atomic mass is 9.98. The highest BCUT2D eigenvalue weighted by Crippen LogP contribution is 2.26. The predicted octanol–water partition coefficient (Wildman–Crippen LogP) is 4.70. The van der Waals surface area contributed by atoms with Crippen LogP contribution in [0.15, 0.2) is 42.5 Å². The molecule has 46 heavy (non-hydrogen) atoms. The molecule has 3 amide bonds. The lowest BCUT2D eigenvalue weighted by Gasteiger charge is -2.45. The van der Waals surface area contributed by atoms with Crippen molar-refractivity contribution in [2.75, 3.05) is 33.8 Å². The van der Waals surface area contributed by atoms with E-state index in [0.717, 1.165) is 12.0 Å². The molecule has 2 aromatic rings. The molecule has 0 aliphatic carbocycles. The average molecular weight is 696 g/mol. The van der Waals surface area contributed by atoms with Crippen molar-refractivity contribution < 1.29 is 46.6 Å². The molecule has 254 valence electrons. The Kier molecular flexibility index (Phi) is 15.0. The van der Waals surface area contributed by atoms with Gasteiger partial charge in [0.1, 0.15) is 11.9 Å². The van der Waals surface area contributed by atoms with E-state index in [-0.39, 0.29) is 30.1 Å². The van der Waals surface area contributed by atoms with Crippen LogP contribution in [-0.2, 0) is 32.0 Å². The fraction of sp³-hybridized carbons (Fsp3) is 0.467. The second-order valence-corrected chi connectivity index (χ2v) is 11.2. The highest BCUT2D eigenvalue weighted by atomic mass is 35.5. The fourth-order valence-electron chi connectivity index (χ4n) is 4.94. The van der Waals surface area contributed by atoms with E-state index in [4.69, 9.17) is 37.8 Å². The second-order valence-electron chi connectivity index (χ2n) is 10.4. The Balaban J connectivity index is 0.000000942. The van der Waals surface area contributed by atoms with E-state index in [1.807, 2.05) is 13.0 Å². The molecule has 2 aromatic carbocycles. The van der Waals surface area contributed by atoms with Gasteiger partial charge < -0.3 is 25.4 Å². The number of carbonyl (C=O) groups is 4. The van der Waals surface area contributed by atoms with Gasteiger partial charge in [0.15, 0.2) is 0 Å². The van der Waals surface area contributed by atoms with E-state index < -0.39 is 30.3 Å². The molecule has 0 saturated carbocycles. The lowest BCUT2D eigenvalue weighted by molar-refractivity contribution is -0.192. The number of amides is 3. The number of methoxy groups -OCH3 is 1. The van der Waals surface area contributed by atoms with Gasteiger partial charge in [-0.05, 0) is 48.2 Å². The first-order chi connectivity index (χ1) is 21.6. The van der Waals surface area contributed by atoms with Gasteiger partial charge in [0.2, 0.25) is 11.8 Å². The van der Waals surface area contributed by atoms with Crippen LogP contribution in [0.5, 0.6) is 0 Å². The molecular formula is C30H36Cl2F4N4O6. The Morgan fingerprint density at radius 1 is 1.07 bits per heavy atom. The quantitative estimate of drug-likeness (QED) is 0.308. The predicted molar refractivity (Wildman–Crippen MR) is 163 cm³/mol. The summed E-state index contributed by atoms with van der Waals surface area (Å²) in [6, 6.07) is 9.48. The average Bonchev–Trinajstić information content (AvgIpc) is 3.00. The number of alkyl halides is 3. The van der Waals surface area contributed by atoms with Crippen molar-refractivity contribution in [3.63, 3.8) is 0 Å². The molecule has 3 rings (SSSR count). The number of rotatable bonds is 10. The Hall–Kier alpha value is -3.62.